The SMILES string of the molecule is O=S(=O)(c1cccc(-c2ccccc2)c1)N1CO1. The minimum Gasteiger partial charge on any atom is -0.262 e. The van der Waals surface area contributed by atoms with Gasteiger partial charge in [-0.2, -0.15) is 0 Å². The van der Waals surface area contributed by atoms with Crippen molar-refractivity contribution in [2.24, 2.45) is 0 Å². The summed E-state index contributed by atoms with van der Waals surface area (Å²) in [6.45, 7) is 0.137. The van der Waals surface area contributed by atoms with E-state index in [4.69, 9.17) is 4.84 Å². The summed E-state index contributed by atoms with van der Waals surface area (Å²) in [4.78, 5) is 4.97. The van der Waals surface area contributed by atoms with Gasteiger partial charge < -0.3 is 0 Å². The quantitative estimate of drug-likeness (QED) is 0.796. The van der Waals surface area contributed by atoms with Crippen LogP contribution in [-0.2, 0) is 14.9 Å². The Labute approximate surface area is 105 Å². The van der Waals surface area contributed by atoms with Crippen LogP contribution in [0.2, 0.25) is 0 Å². The van der Waals surface area contributed by atoms with Gasteiger partial charge in [0.1, 0.15) is 0 Å². The lowest BCUT2D eigenvalue weighted by Gasteiger charge is -2.05. The molecule has 0 bridgehead atoms. The van der Waals surface area contributed by atoms with Crippen LogP contribution in [0.3, 0.4) is 0 Å². The molecule has 1 unspecified atom stereocenters. The van der Waals surface area contributed by atoms with E-state index in [1.165, 1.54) is 0 Å². The molecule has 4 nitrogen and oxygen atoms in total. The zero-order valence-electron chi connectivity index (χ0n) is 9.48. The van der Waals surface area contributed by atoms with Gasteiger partial charge in [-0.05, 0) is 27.7 Å². The van der Waals surface area contributed by atoms with E-state index in [2.05, 4.69) is 0 Å². The summed E-state index contributed by atoms with van der Waals surface area (Å²) in [6.07, 6.45) is 0. The summed E-state index contributed by atoms with van der Waals surface area (Å²) < 4.78 is 24.9. The van der Waals surface area contributed by atoms with E-state index in [0.717, 1.165) is 15.6 Å². The first kappa shape index (κ1) is 11.4. The molecule has 2 aromatic rings. The Kier molecular flexibility index (Phi) is 2.66. The maximum Gasteiger partial charge on any atom is 0.267 e. The highest BCUT2D eigenvalue weighted by molar-refractivity contribution is 7.89. The fraction of sp³-hybridized carbons (Fsp3) is 0.0769. The largest absolute Gasteiger partial charge is 0.267 e. The molecule has 18 heavy (non-hydrogen) atoms. The summed E-state index contributed by atoms with van der Waals surface area (Å²) in [5.41, 5.74) is 1.86. The molecule has 1 atom stereocenters. The third-order valence-corrected chi connectivity index (χ3v) is 4.34. The molecular weight excluding hydrogens is 250 g/mol. The summed E-state index contributed by atoms with van der Waals surface area (Å²) >= 11 is 0. The van der Waals surface area contributed by atoms with Crippen molar-refractivity contribution in [1.29, 1.82) is 0 Å². The minimum absolute atomic E-state index is 0.137. The van der Waals surface area contributed by atoms with E-state index >= 15 is 0 Å². The number of nitrogens with zero attached hydrogens (tertiary/aromatic N) is 1. The first-order valence-corrected chi connectivity index (χ1v) is 6.93. The van der Waals surface area contributed by atoms with Crippen molar-refractivity contribution in [2.75, 3.05) is 6.73 Å². The van der Waals surface area contributed by atoms with Crippen LogP contribution in [0, 0.1) is 0 Å². The van der Waals surface area contributed by atoms with E-state index in [-0.39, 0.29) is 11.6 Å². The fourth-order valence-electron chi connectivity index (χ4n) is 1.75. The van der Waals surface area contributed by atoms with Gasteiger partial charge in [-0.15, -0.1) is 0 Å². The maximum atomic E-state index is 12.0. The minimum atomic E-state index is -3.49. The monoisotopic (exact) mass is 261 g/mol. The lowest BCUT2D eigenvalue weighted by molar-refractivity contribution is 0.294. The van der Waals surface area contributed by atoms with Crippen LogP contribution in [0.1, 0.15) is 0 Å². The molecule has 0 aromatic heterocycles. The summed E-state index contributed by atoms with van der Waals surface area (Å²) in [5.74, 6) is 0. The standard InChI is InChI=1S/C13H11NO3S/c15-18(16,14-10-17-14)13-8-4-7-12(9-13)11-5-2-1-3-6-11/h1-9H,10H2. The second-order valence-electron chi connectivity index (χ2n) is 3.96. The van der Waals surface area contributed by atoms with Crippen LogP contribution < -0.4 is 0 Å². The van der Waals surface area contributed by atoms with Gasteiger partial charge in [0, 0.05) is 0 Å². The zero-order valence-corrected chi connectivity index (χ0v) is 10.3. The van der Waals surface area contributed by atoms with Gasteiger partial charge in [0.15, 0.2) is 6.73 Å². The highest BCUT2D eigenvalue weighted by Crippen LogP contribution is 2.27. The van der Waals surface area contributed by atoms with E-state index in [0.29, 0.717) is 0 Å². The Balaban J connectivity index is 2.05. The van der Waals surface area contributed by atoms with Crippen molar-refractivity contribution >= 4 is 10.0 Å². The third-order valence-electron chi connectivity index (χ3n) is 2.74. The van der Waals surface area contributed by atoms with E-state index in [9.17, 15) is 8.42 Å². The Bertz CT molecular complexity index is 664. The van der Waals surface area contributed by atoms with Gasteiger partial charge in [0.25, 0.3) is 10.0 Å². The molecule has 2 aromatic carbocycles. The molecule has 92 valence electrons. The normalized spacial score (nSPS) is 18.6. The van der Waals surface area contributed by atoms with Gasteiger partial charge in [0.2, 0.25) is 0 Å². The maximum absolute atomic E-state index is 12.0. The van der Waals surface area contributed by atoms with Crippen molar-refractivity contribution in [2.45, 2.75) is 4.90 Å². The van der Waals surface area contributed by atoms with Crippen molar-refractivity contribution < 1.29 is 13.3 Å². The van der Waals surface area contributed by atoms with Gasteiger partial charge in [-0.1, -0.05) is 42.5 Å². The smallest absolute Gasteiger partial charge is 0.262 e. The van der Waals surface area contributed by atoms with Gasteiger partial charge in [-0.25, -0.2) is 8.42 Å². The Morgan fingerprint density at radius 1 is 0.944 bits per heavy atom. The average molecular weight is 261 g/mol. The van der Waals surface area contributed by atoms with Gasteiger partial charge >= 0.3 is 0 Å². The molecule has 0 spiro atoms. The first-order chi connectivity index (χ1) is 8.68. The molecule has 0 saturated carbocycles. The second kappa shape index (κ2) is 4.20. The lowest BCUT2D eigenvalue weighted by Crippen LogP contribution is -2.11. The average Bonchev–Trinajstić information content (AvgIpc) is 3.25. The van der Waals surface area contributed by atoms with Gasteiger partial charge in [0.05, 0.1) is 4.90 Å². The summed E-state index contributed by atoms with van der Waals surface area (Å²) in [7, 11) is -3.49. The number of hydroxylamine groups is 1. The Hall–Kier alpha value is -1.69. The topological polar surface area (TPSA) is 49.7 Å². The van der Waals surface area contributed by atoms with E-state index in [1.807, 2.05) is 36.4 Å². The summed E-state index contributed by atoms with van der Waals surface area (Å²) in [5, 5.41) is 0. The van der Waals surface area contributed by atoms with Crippen LogP contribution in [0.15, 0.2) is 59.5 Å². The predicted octanol–water partition coefficient (Wildman–Crippen LogP) is 2.25. The molecule has 1 saturated heterocycles. The number of sulfonamides is 1. The number of rotatable bonds is 3. The molecule has 3 rings (SSSR count). The molecule has 1 heterocycles. The van der Waals surface area contributed by atoms with Crippen molar-refractivity contribution in [3.8, 4) is 11.1 Å². The van der Waals surface area contributed by atoms with Crippen LogP contribution >= 0.6 is 0 Å². The highest BCUT2D eigenvalue weighted by Gasteiger charge is 2.35. The molecule has 5 heteroatoms. The summed E-state index contributed by atoms with van der Waals surface area (Å²) in [6, 6.07) is 16.5. The highest BCUT2D eigenvalue weighted by atomic mass is 32.2. The molecule has 0 amide bonds. The predicted molar refractivity (Wildman–Crippen MR) is 66.9 cm³/mol. The van der Waals surface area contributed by atoms with Crippen molar-refractivity contribution in [3.63, 3.8) is 0 Å². The first-order valence-electron chi connectivity index (χ1n) is 5.49. The number of hydrogen-bond donors (Lipinski definition) is 0. The zero-order chi connectivity index (χ0) is 12.6. The second-order valence-corrected chi connectivity index (χ2v) is 5.79. The van der Waals surface area contributed by atoms with Crippen LogP contribution in [0.5, 0.6) is 0 Å². The fourth-order valence-corrected chi connectivity index (χ4v) is 2.83. The number of benzene rings is 2. The van der Waals surface area contributed by atoms with Crippen LogP contribution in [0.25, 0.3) is 11.1 Å². The third kappa shape index (κ3) is 2.03. The van der Waals surface area contributed by atoms with Crippen LogP contribution in [-0.4, -0.2) is 19.6 Å². The van der Waals surface area contributed by atoms with Crippen molar-refractivity contribution in [3.05, 3.63) is 54.6 Å². The van der Waals surface area contributed by atoms with E-state index in [1.54, 1.807) is 18.2 Å². The molecular formula is C13H11NO3S. The molecule has 1 fully saturated rings. The van der Waals surface area contributed by atoms with Crippen molar-refractivity contribution in [1.82, 2.24) is 4.47 Å². The molecule has 0 aliphatic carbocycles. The van der Waals surface area contributed by atoms with Gasteiger partial charge in [-0.3, -0.25) is 4.84 Å². The molecule has 0 N–H and O–H groups in total. The number of hydrogen-bond acceptors (Lipinski definition) is 3. The van der Waals surface area contributed by atoms with E-state index < -0.39 is 10.0 Å². The molecule has 1 aliphatic heterocycles. The molecule has 0 radical (unpaired) electrons. The lowest BCUT2D eigenvalue weighted by atomic mass is 10.1. The Morgan fingerprint density at radius 2 is 1.61 bits per heavy atom. The molecule has 1 aliphatic rings. The Morgan fingerprint density at radius 3 is 2.28 bits per heavy atom. The van der Waals surface area contributed by atoms with Crippen LogP contribution in [0.4, 0.5) is 0 Å².